The lowest BCUT2D eigenvalue weighted by Gasteiger charge is -2.22. The Morgan fingerprint density at radius 2 is 1.26 bits per heavy atom. The molecule has 31 heavy (non-hydrogen) atoms. The number of fused-ring (bicyclic) bond motifs is 3. The first-order valence-electron chi connectivity index (χ1n) is 12.6. The van der Waals surface area contributed by atoms with Gasteiger partial charge in [0.05, 0.1) is 6.10 Å². The number of aliphatic hydroxyl groups is 1. The molecule has 0 saturated heterocycles. The molecule has 0 radical (unpaired) electrons. The minimum atomic E-state index is -0.389. The van der Waals surface area contributed by atoms with E-state index in [1.165, 1.54) is 86.1 Å². The van der Waals surface area contributed by atoms with Crippen LogP contribution in [0.25, 0.3) is 21.5 Å². The van der Waals surface area contributed by atoms with E-state index < -0.39 is 0 Å². The van der Waals surface area contributed by atoms with Gasteiger partial charge in [-0.3, -0.25) is 0 Å². The highest BCUT2D eigenvalue weighted by Gasteiger charge is 2.13. The summed E-state index contributed by atoms with van der Waals surface area (Å²) in [7, 11) is 0. The molecule has 1 N–H and O–H groups in total. The van der Waals surface area contributed by atoms with Crippen molar-refractivity contribution in [1.29, 1.82) is 0 Å². The van der Waals surface area contributed by atoms with Gasteiger partial charge in [0.15, 0.2) is 0 Å². The zero-order valence-electron chi connectivity index (χ0n) is 19.7. The third kappa shape index (κ3) is 6.79. The first kappa shape index (κ1) is 23.8. The number of unbranched alkanes of at least 4 members (excludes halogenated alkanes) is 5. The summed E-state index contributed by atoms with van der Waals surface area (Å²) in [4.78, 5) is 2.66. The van der Waals surface area contributed by atoms with E-state index in [4.69, 9.17) is 0 Å². The van der Waals surface area contributed by atoms with E-state index in [0.29, 0.717) is 0 Å². The maximum atomic E-state index is 11.0. The maximum absolute atomic E-state index is 11.0. The Morgan fingerprint density at radius 3 is 1.97 bits per heavy atom. The second kappa shape index (κ2) is 12.8. The minimum absolute atomic E-state index is 0.389. The molecule has 168 valence electrons. The van der Waals surface area contributed by atoms with Gasteiger partial charge in [-0.2, -0.15) is 0 Å². The van der Waals surface area contributed by atoms with Crippen LogP contribution in [0.4, 0.5) is 0 Å². The van der Waals surface area contributed by atoms with Gasteiger partial charge in [-0.1, -0.05) is 94.5 Å². The molecule has 0 aliphatic rings. The zero-order valence-corrected chi connectivity index (χ0v) is 19.7. The van der Waals surface area contributed by atoms with Gasteiger partial charge < -0.3 is 10.0 Å². The molecule has 1 unspecified atom stereocenters. The van der Waals surface area contributed by atoms with Crippen molar-refractivity contribution in [3.8, 4) is 0 Å². The van der Waals surface area contributed by atoms with Crippen LogP contribution >= 0.6 is 0 Å². The van der Waals surface area contributed by atoms with Crippen LogP contribution < -0.4 is 0 Å². The molecule has 1 atom stereocenters. The third-order valence-corrected chi connectivity index (χ3v) is 6.52. The molecular weight excluding hydrogens is 378 g/mol. The number of nitrogens with zero attached hydrogens (tertiary/aromatic N) is 1. The first-order chi connectivity index (χ1) is 15.2. The lowest BCUT2D eigenvalue weighted by Crippen LogP contribution is -2.27. The average molecular weight is 420 g/mol. The van der Waals surface area contributed by atoms with E-state index >= 15 is 0 Å². The van der Waals surface area contributed by atoms with Crippen molar-refractivity contribution in [2.24, 2.45) is 0 Å². The Labute approximate surface area is 189 Å². The molecule has 0 aromatic heterocycles. The van der Waals surface area contributed by atoms with E-state index in [1.54, 1.807) is 0 Å². The van der Waals surface area contributed by atoms with Crippen LogP contribution in [-0.4, -0.2) is 29.6 Å². The Morgan fingerprint density at radius 1 is 0.677 bits per heavy atom. The number of rotatable bonds is 14. The van der Waals surface area contributed by atoms with Crippen LogP contribution in [0.15, 0.2) is 54.6 Å². The molecule has 0 aliphatic heterocycles. The standard InChI is InChI=1S/C29H41NO/c1-3-5-20-30(21-6-4-2)22-14-8-7-9-19-29(31)28-23-24-15-10-11-16-25(24)26-17-12-13-18-27(26)28/h10-13,15-18,23,29,31H,3-9,14,19-22H2,1-2H3. The van der Waals surface area contributed by atoms with Crippen molar-refractivity contribution in [2.75, 3.05) is 19.6 Å². The molecule has 3 rings (SSSR count). The van der Waals surface area contributed by atoms with Gasteiger partial charge in [0.1, 0.15) is 0 Å². The highest BCUT2D eigenvalue weighted by Crippen LogP contribution is 2.33. The van der Waals surface area contributed by atoms with Crippen molar-refractivity contribution in [2.45, 2.75) is 77.7 Å². The highest BCUT2D eigenvalue weighted by molar-refractivity contribution is 6.09. The molecule has 0 fully saturated rings. The number of aliphatic hydroxyl groups excluding tert-OH is 1. The molecule has 0 spiro atoms. The Bertz CT molecular complexity index is 911. The number of hydrogen-bond acceptors (Lipinski definition) is 2. The molecule has 3 aromatic carbocycles. The number of benzene rings is 3. The fourth-order valence-electron chi connectivity index (χ4n) is 4.64. The molecule has 0 heterocycles. The van der Waals surface area contributed by atoms with Crippen LogP contribution in [0.2, 0.25) is 0 Å². The Balaban J connectivity index is 1.51. The van der Waals surface area contributed by atoms with Gasteiger partial charge in [0, 0.05) is 0 Å². The van der Waals surface area contributed by atoms with E-state index in [0.717, 1.165) is 18.4 Å². The topological polar surface area (TPSA) is 23.5 Å². The fourth-order valence-corrected chi connectivity index (χ4v) is 4.64. The largest absolute Gasteiger partial charge is 0.388 e. The molecule has 0 saturated carbocycles. The summed E-state index contributed by atoms with van der Waals surface area (Å²) in [5.41, 5.74) is 1.08. The summed E-state index contributed by atoms with van der Waals surface area (Å²) in [5, 5.41) is 15.9. The molecule has 0 bridgehead atoms. The molecule has 3 aromatic rings. The fraction of sp³-hybridized carbons (Fsp3) is 0.517. The third-order valence-electron chi connectivity index (χ3n) is 6.52. The highest BCUT2D eigenvalue weighted by atomic mass is 16.3. The van der Waals surface area contributed by atoms with E-state index in [1.807, 2.05) is 0 Å². The van der Waals surface area contributed by atoms with Gasteiger partial charge in [-0.15, -0.1) is 0 Å². The lowest BCUT2D eigenvalue weighted by atomic mass is 9.92. The molecule has 0 amide bonds. The van der Waals surface area contributed by atoms with Gasteiger partial charge >= 0.3 is 0 Å². The van der Waals surface area contributed by atoms with E-state index in [9.17, 15) is 5.11 Å². The van der Waals surface area contributed by atoms with Gasteiger partial charge in [0.25, 0.3) is 0 Å². The molecule has 2 nitrogen and oxygen atoms in total. The second-order valence-electron chi connectivity index (χ2n) is 9.00. The monoisotopic (exact) mass is 419 g/mol. The van der Waals surface area contributed by atoms with Crippen molar-refractivity contribution < 1.29 is 5.11 Å². The Kier molecular flexibility index (Phi) is 9.84. The summed E-state index contributed by atoms with van der Waals surface area (Å²) < 4.78 is 0. The summed E-state index contributed by atoms with van der Waals surface area (Å²) in [6.07, 6.45) is 10.5. The van der Waals surface area contributed by atoms with Crippen molar-refractivity contribution >= 4 is 21.5 Å². The van der Waals surface area contributed by atoms with E-state index in [-0.39, 0.29) is 6.10 Å². The normalized spacial score (nSPS) is 12.8. The van der Waals surface area contributed by atoms with Gasteiger partial charge in [-0.05, 0) is 78.5 Å². The quantitative estimate of drug-likeness (QED) is 0.212. The zero-order chi connectivity index (χ0) is 21.9. The second-order valence-corrected chi connectivity index (χ2v) is 9.00. The molecular formula is C29H41NO. The smallest absolute Gasteiger partial charge is 0.0796 e. The number of hydrogen-bond donors (Lipinski definition) is 1. The summed E-state index contributed by atoms with van der Waals surface area (Å²) in [6.45, 7) is 8.30. The molecule has 0 aliphatic carbocycles. The van der Waals surface area contributed by atoms with Gasteiger partial charge in [-0.25, -0.2) is 0 Å². The van der Waals surface area contributed by atoms with Crippen LogP contribution in [0.3, 0.4) is 0 Å². The van der Waals surface area contributed by atoms with Crippen LogP contribution in [0, 0.1) is 0 Å². The SMILES string of the molecule is CCCCN(CCCC)CCCCCCC(O)c1cc2ccccc2c2ccccc12. The van der Waals surface area contributed by atoms with Gasteiger partial charge in [0.2, 0.25) is 0 Å². The predicted octanol–water partition coefficient (Wildman–Crippen LogP) is 7.88. The maximum Gasteiger partial charge on any atom is 0.0796 e. The molecule has 2 heteroatoms. The van der Waals surface area contributed by atoms with E-state index in [2.05, 4.69) is 73.3 Å². The summed E-state index contributed by atoms with van der Waals surface area (Å²) in [5.74, 6) is 0. The lowest BCUT2D eigenvalue weighted by molar-refractivity contribution is 0.164. The van der Waals surface area contributed by atoms with Crippen molar-refractivity contribution in [1.82, 2.24) is 4.90 Å². The van der Waals surface area contributed by atoms with Crippen LogP contribution in [-0.2, 0) is 0 Å². The average Bonchev–Trinajstić information content (AvgIpc) is 2.81. The van der Waals surface area contributed by atoms with Crippen molar-refractivity contribution in [3.05, 3.63) is 60.2 Å². The summed E-state index contributed by atoms with van der Waals surface area (Å²) in [6, 6.07) is 19.2. The Hall–Kier alpha value is -1.90. The minimum Gasteiger partial charge on any atom is -0.388 e. The van der Waals surface area contributed by atoms with Crippen LogP contribution in [0.5, 0.6) is 0 Å². The van der Waals surface area contributed by atoms with Crippen LogP contribution in [0.1, 0.15) is 83.3 Å². The summed E-state index contributed by atoms with van der Waals surface area (Å²) >= 11 is 0. The first-order valence-corrected chi connectivity index (χ1v) is 12.6. The predicted molar refractivity (Wildman–Crippen MR) is 136 cm³/mol. The van der Waals surface area contributed by atoms with Crippen molar-refractivity contribution in [3.63, 3.8) is 0 Å².